The zero-order valence-corrected chi connectivity index (χ0v) is 10.6. The Morgan fingerprint density at radius 1 is 1.47 bits per heavy atom. The normalized spacial score (nSPS) is 26.4. The third kappa shape index (κ3) is 3.00. The van der Waals surface area contributed by atoms with Crippen LogP contribution in [0, 0.1) is 29.1 Å². The van der Waals surface area contributed by atoms with E-state index in [0.29, 0.717) is 0 Å². The topological polar surface area (TPSA) is 63.6 Å². The first kappa shape index (κ1) is 13.6. The quantitative estimate of drug-likeness (QED) is 0.461. The molecule has 3 unspecified atom stereocenters. The number of carbonyl (C=O) groups is 2. The first-order valence-electron chi connectivity index (χ1n) is 5.75. The van der Waals surface area contributed by atoms with Gasteiger partial charge in [-0.2, -0.15) is 0 Å². The van der Waals surface area contributed by atoms with Crippen LogP contribution in [0.2, 0.25) is 0 Å². The van der Waals surface area contributed by atoms with Crippen LogP contribution in [-0.4, -0.2) is 23.1 Å². The molecule has 1 fully saturated rings. The van der Waals surface area contributed by atoms with Gasteiger partial charge in [0.15, 0.2) is 0 Å². The molecule has 0 heterocycles. The SMILES string of the molecule is CCC(C)OC(=O)C#CC1C(C(=O)O)C1(C)C. The average Bonchev–Trinajstić information content (AvgIpc) is 2.77. The van der Waals surface area contributed by atoms with Crippen LogP contribution in [0.5, 0.6) is 0 Å². The predicted octanol–water partition coefficient (Wildman–Crippen LogP) is 1.69. The van der Waals surface area contributed by atoms with E-state index in [-0.39, 0.29) is 17.4 Å². The van der Waals surface area contributed by atoms with Crippen molar-refractivity contribution in [3.8, 4) is 11.8 Å². The molecule has 0 aromatic heterocycles. The summed E-state index contributed by atoms with van der Waals surface area (Å²) >= 11 is 0. The maximum Gasteiger partial charge on any atom is 0.384 e. The molecule has 1 N–H and O–H groups in total. The number of carbonyl (C=O) groups excluding carboxylic acids is 1. The van der Waals surface area contributed by atoms with Crippen molar-refractivity contribution in [3.05, 3.63) is 0 Å². The van der Waals surface area contributed by atoms with E-state index >= 15 is 0 Å². The number of carboxylic acids is 1. The van der Waals surface area contributed by atoms with E-state index in [2.05, 4.69) is 11.8 Å². The van der Waals surface area contributed by atoms with Gasteiger partial charge in [0.05, 0.1) is 12.0 Å². The Balaban J connectivity index is 2.57. The van der Waals surface area contributed by atoms with Crippen LogP contribution in [0.3, 0.4) is 0 Å². The highest BCUT2D eigenvalue weighted by Crippen LogP contribution is 2.57. The van der Waals surface area contributed by atoms with Gasteiger partial charge in [0.25, 0.3) is 0 Å². The van der Waals surface area contributed by atoms with E-state index in [9.17, 15) is 9.59 Å². The summed E-state index contributed by atoms with van der Waals surface area (Å²) in [7, 11) is 0. The van der Waals surface area contributed by atoms with Gasteiger partial charge in [-0.3, -0.25) is 4.79 Å². The van der Waals surface area contributed by atoms with Crippen LogP contribution in [-0.2, 0) is 14.3 Å². The van der Waals surface area contributed by atoms with Gasteiger partial charge in [0.1, 0.15) is 0 Å². The lowest BCUT2D eigenvalue weighted by molar-refractivity contribution is -0.141. The van der Waals surface area contributed by atoms with Gasteiger partial charge >= 0.3 is 11.9 Å². The van der Waals surface area contributed by atoms with Crippen molar-refractivity contribution in [1.82, 2.24) is 0 Å². The Hall–Kier alpha value is -1.50. The van der Waals surface area contributed by atoms with Crippen molar-refractivity contribution in [1.29, 1.82) is 0 Å². The van der Waals surface area contributed by atoms with Crippen LogP contribution in [0.4, 0.5) is 0 Å². The van der Waals surface area contributed by atoms with Crippen LogP contribution in [0.25, 0.3) is 0 Å². The van der Waals surface area contributed by atoms with E-state index in [4.69, 9.17) is 9.84 Å². The lowest BCUT2D eigenvalue weighted by Crippen LogP contribution is -2.11. The lowest BCUT2D eigenvalue weighted by atomic mass is 10.1. The monoisotopic (exact) mass is 238 g/mol. The fourth-order valence-electron chi connectivity index (χ4n) is 1.80. The number of esters is 1. The van der Waals surface area contributed by atoms with Gasteiger partial charge in [-0.15, -0.1) is 0 Å². The minimum absolute atomic E-state index is 0.153. The molecule has 94 valence electrons. The smallest absolute Gasteiger partial charge is 0.384 e. The van der Waals surface area contributed by atoms with Crippen LogP contribution < -0.4 is 0 Å². The summed E-state index contributed by atoms with van der Waals surface area (Å²) < 4.78 is 4.98. The summed E-state index contributed by atoms with van der Waals surface area (Å²) in [5.41, 5.74) is -0.352. The fourth-order valence-corrected chi connectivity index (χ4v) is 1.80. The Labute approximate surface area is 101 Å². The number of aliphatic carboxylic acids is 1. The second kappa shape index (κ2) is 4.79. The van der Waals surface area contributed by atoms with Crippen LogP contribution in [0.15, 0.2) is 0 Å². The molecule has 0 aromatic carbocycles. The molecular weight excluding hydrogens is 220 g/mol. The van der Waals surface area contributed by atoms with Gasteiger partial charge in [-0.05, 0) is 18.8 Å². The third-order valence-corrected chi connectivity index (χ3v) is 3.31. The maximum atomic E-state index is 11.3. The van der Waals surface area contributed by atoms with Crippen molar-refractivity contribution < 1.29 is 19.4 Å². The molecule has 1 rings (SSSR count). The van der Waals surface area contributed by atoms with Crippen molar-refractivity contribution >= 4 is 11.9 Å². The number of ether oxygens (including phenoxy) is 1. The number of hydrogen-bond acceptors (Lipinski definition) is 3. The molecular formula is C13H18O4. The maximum absolute atomic E-state index is 11.3. The third-order valence-electron chi connectivity index (χ3n) is 3.31. The first-order valence-corrected chi connectivity index (χ1v) is 5.75. The fraction of sp³-hybridized carbons (Fsp3) is 0.692. The highest BCUT2D eigenvalue weighted by molar-refractivity contribution is 5.89. The van der Waals surface area contributed by atoms with Crippen molar-refractivity contribution in [3.63, 3.8) is 0 Å². The predicted molar refractivity (Wildman–Crippen MR) is 62.0 cm³/mol. The molecule has 0 saturated heterocycles. The molecule has 0 radical (unpaired) electrons. The van der Waals surface area contributed by atoms with E-state index < -0.39 is 17.9 Å². The zero-order valence-electron chi connectivity index (χ0n) is 10.6. The molecule has 0 aromatic rings. The summed E-state index contributed by atoms with van der Waals surface area (Å²) in [5, 5.41) is 8.92. The first-order chi connectivity index (χ1) is 7.80. The number of rotatable bonds is 3. The summed E-state index contributed by atoms with van der Waals surface area (Å²) in [6.45, 7) is 7.38. The van der Waals surface area contributed by atoms with Crippen LogP contribution in [0.1, 0.15) is 34.1 Å². The van der Waals surface area contributed by atoms with Crippen molar-refractivity contribution in [2.45, 2.75) is 40.2 Å². The molecule has 0 aliphatic heterocycles. The molecule has 4 nitrogen and oxygen atoms in total. The summed E-state index contributed by atoms with van der Waals surface area (Å²) in [5.74, 6) is 2.90. The van der Waals surface area contributed by atoms with Gasteiger partial charge in [-0.1, -0.05) is 26.7 Å². The standard InChI is InChI=1S/C13H18O4/c1-5-8(2)17-10(14)7-6-9-11(12(15)16)13(9,3)4/h8-9,11H,5H2,1-4H3,(H,15,16). The average molecular weight is 238 g/mol. The molecule has 4 heteroatoms. The molecule has 0 bridgehead atoms. The van der Waals surface area contributed by atoms with Crippen molar-refractivity contribution in [2.75, 3.05) is 0 Å². The van der Waals surface area contributed by atoms with Gasteiger partial charge in [0.2, 0.25) is 0 Å². The van der Waals surface area contributed by atoms with Crippen LogP contribution >= 0.6 is 0 Å². The summed E-state index contributed by atoms with van der Waals surface area (Å²) in [4.78, 5) is 22.2. The van der Waals surface area contributed by atoms with E-state index in [1.807, 2.05) is 20.8 Å². The van der Waals surface area contributed by atoms with Gasteiger partial charge in [-0.25, -0.2) is 4.79 Å². The Morgan fingerprint density at radius 3 is 2.47 bits per heavy atom. The Kier molecular flexibility index (Phi) is 3.82. The molecule has 0 amide bonds. The lowest BCUT2D eigenvalue weighted by Gasteiger charge is -2.06. The van der Waals surface area contributed by atoms with E-state index in [0.717, 1.165) is 6.42 Å². The number of hydrogen-bond donors (Lipinski definition) is 1. The second-order valence-corrected chi connectivity index (χ2v) is 5.01. The summed E-state index contributed by atoms with van der Waals surface area (Å²) in [6.07, 6.45) is 0.583. The molecule has 1 aliphatic carbocycles. The molecule has 3 atom stereocenters. The Morgan fingerprint density at radius 2 is 2.06 bits per heavy atom. The molecule has 1 aliphatic rings. The van der Waals surface area contributed by atoms with Gasteiger partial charge in [0, 0.05) is 11.8 Å². The van der Waals surface area contributed by atoms with Crippen molar-refractivity contribution in [2.24, 2.45) is 17.3 Å². The number of carboxylic acid groups (broad SMARTS) is 1. The highest BCUT2D eigenvalue weighted by atomic mass is 16.5. The van der Waals surface area contributed by atoms with E-state index in [1.54, 1.807) is 6.92 Å². The molecule has 0 spiro atoms. The Bertz CT molecular complexity index is 386. The largest absolute Gasteiger partial charge is 0.481 e. The highest BCUT2D eigenvalue weighted by Gasteiger charge is 2.61. The summed E-state index contributed by atoms with van der Waals surface area (Å²) in [6, 6.07) is 0. The molecule has 17 heavy (non-hydrogen) atoms. The minimum Gasteiger partial charge on any atom is -0.481 e. The second-order valence-electron chi connectivity index (χ2n) is 5.01. The molecule has 1 saturated carbocycles. The zero-order chi connectivity index (χ0) is 13.2. The minimum atomic E-state index is -0.857. The van der Waals surface area contributed by atoms with E-state index in [1.165, 1.54) is 0 Å². The van der Waals surface area contributed by atoms with Gasteiger partial charge < -0.3 is 9.84 Å².